The molecule has 0 amide bonds. The van der Waals surface area contributed by atoms with Crippen molar-refractivity contribution >= 4 is 16.7 Å². The first kappa shape index (κ1) is 13.4. The highest BCUT2D eigenvalue weighted by atomic mass is 15.2. The summed E-state index contributed by atoms with van der Waals surface area (Å²) in [6.07, 6.45) is 3.04. The van der Waals surface area contributed by atoms with Crippen LogP contribution in [0.15, 0.2) is 36.5 Å². The number of aromatic nitrogens is 2. The molecule has 22 heavy (non-hydrogen) atoms. The fourth-order valence-electron chi connectivity index (χ4n) is 3.60. The molecule has 1 aliphatic rings. The Hall–Kier alpha value is -2.29. The summed E-state index contributed by atoms with van der Waals surface area (Å²) in [5.74, 6) is 1.12. The maximum atomic E-state index is 4.72. The third-order valence-electron chi connectivity index (χ3n) is 5.12. The highest BCUT2D eigenvalue weighted by Gasteiger charge is 2.21. The van der Waals surface area contributed by atoms with Crippen molar-refractivity contribution in [1.82, 2.24) is 9.55 Å². The van der Waals surface area contributed by atoms with Gasteiger partial charge < -0.3 is 9.47 Å². The summed E-state index contributed by atoms with van der Waals surface area (Å²) >= 11 is 0. The Labute approximate surface area is 131 Å². The smallest absolute Gasteiger partial charge is 0.153 e. The lowest BCUT2D eigenvalue weighted by atomic mass is 10.00. The van der Waals surface area contributed by atoms with Crippen molar-refractivity contribution in [3.8, 4) is 0 Å². The molecule has 0 radical (unpaired) electrons. The van der Waals surface area contributed by atoms with Crippen LogP contribution < -0.4 is 4.90 Å². The number of hydrogen-bond acceptors (Lipinski definition) is 2. The highest BCUT2D eigenvalue weighted by Crippen LogP contribution is 2.32. The van der Waals surface area contributed by atoms with E-state index >= 15 is 0 Å². The summed E-state index contributed by atoms with van der Waals surface area (Å²) in [6, 6.07) is 10.9. The van der Waals surface area contributed by atoms with E-state index < -0.39 is 0 Å². The zero-order valence-electron chi connectivity index (χ0n) is 13.4. The van der Waals surface area contributed by atoms with E-state index in [0.717, 1.165) is 25.3 Å². The van der Waals surface area contributed by atoms with Crippen LogP contribution in [0.4, 0.5) is 5.82 Å². The van der Waals surface area contributed by atoms with Crippen LogP contribution in [0.25, 0.3) is 10.9 Å². The summed E-state index contributed by atoms with van der Waals surface area (Å²) < 4.78 is 2.29. The quantitative estimate of drug-likeness (QED) is 0.681. The molecule has 0 N–H and O–H groups in total. The lowest BCUT2D eigenvalue weighted by molar-refractivity contribution is 0.721. The topological polar surface area (TPSA) is 21.1 Å². The summed E-state index contributed by atoms with van der Waals surface area (Å²) in [6.45, 7) is 6.37. The van der Waals surface area contributed by atoms with Gasteiger partial charge in [0.2, 0.25) is 0 Å². The molecule has 0 fully saturated rings. The molecule has 0 bridgehead atoms. The minimum Gasteiger partial charge on any atom is -0.350 e. The minimum atomic E-state index is 0.950. The number of hydrogen-bond donors (Lipinski definition) is 0. The maximum Gasteiger partial charge on any atom is 0.153 e. The third kappa shape index (κ3) is 1.85. The first-order valence-electron chi connectivity index (χ1n) is 7.89. The standard InChI is InChI=1S/C19H21N3/c1-13-14(2)21(3)18-17(13)8-10-20-19(18)22-11-9-15-6-4-5-7-16(15)12-22/h4-8,10H,9,11-12H2,1-3H3. The van der Waals surface area contributed by atoms with Gasteiger partial charge in [-0.1, -0.05) is 24.3 Å². The Kier molecular flexibility index (Phi) is 2.96. The zero-order valence-corrected chi connectivity index (χ0v) is 13.4. The molecule has 112 valence electrons. The number of pyridine rings is 1. The average molecular weight is 291 g/mol. The van der Waals surface area contributed by atoms with Crippen LogP contribution in [0.1, 0.15) is 22.4 Å². The first-order chi connectivity index (χ1) is 10.7. The van der Waals surface area contributed by atoms with E-state index in [2.05, 4.69) is 60.7 Å². The van der Waals surface area contributed by atoms with Gasteiger partial charge >= 0.3 is 0 Å². The first-order valence-corrected chi connectivity index (χ1v) is 7.89. The van der Waals surface area contributed by atoms with E-state index in [1.165, 1.54) is 33.3 Å². The van der Waals surface area contributed by atoms with Crippen LogP contribution >= 0.6 is 0 Å². The Balaban J connectivity index is 1.84. The van der Waals surface area contributed by atoms with Crippen LogP contribution in [0.3, 0.4) is 0 Å². The Bertz CT molecular complexity index is 860. The number of nitrogens with zero attached hydrogens (tertiary/aromatic N) is 3. The van der Waals surface area contributed by atoms with Gasteiger partial charge in [-0.25, -0.2) is 4.98 Å². The highest BCUT2D eigenvalue weighted by molar-refractivity contribution is 5.93. The molecule has 0 saturated heterocycles. The second-order valence-electron chi connectivity index (χ2n) is 6.24. The molecule has 0 saturated carbocycles. The van der Waals surface area contributed by atoms with Crippen LogP contribution in [0.5, 0.6) is 0 Å². The number of anilines is 1. The lowest BCUT2D eigenvalue weighted by Gasteiger charge is -2.30. The van der Waals surface area contributed by atoms with Gasteiger partial charge in [0.1, 0.15) is 0 Å². The number of benzene rings is 1. The second kappa shape index (κ2) is 4.87. The molecule has 3 heteroatoms. The number of aryl methyl sites for hydroxylation is 2. The minimum absolute atomic E-state index is 0.950. The SMILES string of the molecule is Cc1c(C)n(C)c2c(N3CCc4ccccc4C3)nccc12. The van der Waals surface area contributed by atoms with Gasteiger partial charge in [0.25, 0.3) is 0 Å². The molecule has 0 atom stereocenters. The number of rotatable bonds is 1. The summed E-state index contributed by atoms with van der Waals surface area (Å²) in [5, 5.41) is 1.32. The molecule has 0 unspecified atom stereocenters. The fourth-order valence-corrected chi connectivity index (χ4v) is 3.60. The van der Waals surface area contributed by atoms with Crippen LogP contribution in [0.2, 0.25) is 0 Å². The van der Waals surface area contributed by atoms with Crippen molar-refractivity contribution in [2.45, 2.75) is 26.8 Å². The van der Waals surface area contributed by atoms with Gasteiger partial charge in [-0.15, -0.1) is 0 Å². The van der Waals surface area contributed by atoms with Gasteiger partial charge in [0.15, 0.2) is 5.82 Å². The monoisotopic (exact) mass is 291 g/mol. The fraction of sp³-hybridized carbons (Fsp3) is 0.316. The molecule has 2 aromatic heterocycles. The van der Waals surface area contributed by atoms with Gasteiger partial charge in [-0.3, -0.25) is 0 Å². The third-order valence-corrected chi connectivity index (χ3v) is 5.12. The van der Waals surface area contributed by atoms with Gasteiger partial charge in [-0.2, -0.15) is 0 Å². The molecule has 0 aliphatic carbocycles. The van der Waals surface area contributed by atoms with Crippen LogP contribution in [-0.4, -0.2) is 16.1 Å². The van der Waals surface area contributed by atoms with Gasteiger partial charge in [0, 0.05) is 37.4 Å². The zero-order chi connectivity index (χ0) is 15.3. The lowest BCUT2D eigenvalue weighted by Crippen LogP contribution is -2.31. The maximum absolute atomic E-state index is 4.72. The van der Waals surface area contributed by atoms with Crippen molar-refractivity contribution < 1.29 is 0 Å². The number of fused-ring (bicyclic) bond motifs is 2. The molecular formula is C19H21N3. The Morgan fingerprint density at radius 3 is 2.64 bits per heavy atom. The molecule has 4 rings (SSSR count). The predicted molar refractivity (Wildman–Crippen MR) is 91.4 cm³/mol. The summed E-state index contributed by atoms with van der Waals surface area (Å²) in [7, 11) is 2.15. The van der Waals surface area contributed by atoms with E-state index in [1.807, 2.05) is 6.20 Å². The molecule has 0 spiro atoms. The molecule has 1 aliphatic heterocycles. The van der Waals surface area contributed by atoms with Crippen molar-refractivity contribution in [2.24, 2.45) is 7.05 Å². The second-order valence-corrected chi connectivity index (χ2v) is 6.24. The van der Waals surface area contributed by atoms with Gasteiger partial charge in [-0.05, 0) is 43.0 Å². The summed E-state index contributed by atoms with van der Waals surface area (Å²) in [5.41, 5.74) is 6.84. The molecule has 3 heterocycles. The van der Waals surface area contributed by atoms with Crippen LogP contribution in [0, 0.1) is 13.8 Å². The molecule has 3 nitrogen and oxygen atoms in total. The van der Waals surface area contributed by atoms with E-state index in [9.17, 15) is 0 Å². The van der Waals surface area contributed by atoms with Crippen molar-refractivity contribution in [1.29, 1.82) is 0 Å². The van der Waals surface area contributed by atoms with E-state index in [1.54, 1.807) is 0 Å². The Morgan fingerprint density at radius 1 is 1.05 bits per heavy atom. The largest absolute Gasteiger partial charge is 0.350 e. The average Bonchev–Trinajstić information content (AvgIpc) is 2.79. The summed E-state index contributed by atoms with van der Waals surface area (Å²) in [4.78, 5) is 7.14. The van der Waals surface area contributed by atoms with Crippen molar-refractivity contribution in [2.75, 3.05) is 11.4 Å². The normalized spacial score (nSPS) is 14.4. The van der Waals surface area contributed by atoms with Crippen molar-refractivity contribution in [3.05, 3.63) is 58.9 Å². The Morgan fingerprint density at radius 2 is 1.82 bits per heavy atom. The predicted octanol–water partition coefficient (Wildman–Crippen LogP) is 3.75. The molecular weight excluding hydrogens is 270 g/mol. The van der Waals surface area contributed by atoms with Crippen molar-refractivity contribution in [3.63, 3.8) is 0 Å². The molecule has 1 aromatic carbocycles. The van der Waals surface area contributed by atoms with E-state index in [4.69, 9.17) is 4.98 Å². The molecule has 3 aromatic rings. The van der Waals surface area contributed by atoms with E-state index in [-0.39, 0.29) is 0 Å². The van der Waals surface area contributed by atoms with Gasteiger partial charge in [0.05, 0.1) is 5.52 Å². The van der Waals surface area contributed by atoms with Crippen LogP contribution in [-0.2, 0) is 20.0 Å². The van der Waals surface area contributed by atoms with E-state index in [0.29, 0.717) is 0 Å².